The lowest BCUT2D eigenvalue weighted by Crippen LogP contribution is -2.34. The van der Waals surface area contributed by atoms with Crippen LogP contribution in [0.4, 0.5) is 31.1 Å². The van der Waals surface area contributed by atoms with Crippen LogP contribution < -0.4 is 14.8 Å². The van der Waals surface area contributed by atoms with Gasteiger partial charge in [-0.15, -0.1) is 0 Å². The minimum Gasteiger partial charge on any atom is -0.493 e. The first-order valence-electron chi connectivity index (χ1n) is 11.9. The lowest BCUT2D eigenvalue weighted by atomic mass is 10.0. The van der Waals surface area contributed by atoms with Crippen molar-refractivity contribution in [3.8, 4) is 11.5 Å². The molecule has 0 saturated carbocycles. The molecule has 1 amide bonds. The van der Waals surface area contributed by atoms with Crippen molar-refractivity contribution in [2.75, 3.05) is 33.3 Å². The van der Waals surface area contributed by atoms with E-state index in [2.05, 4.69) is 29.1 Å². The maximum atomic E-state index is 13.4. The maximum Gasteiger partial charge on any atom is 0.416 e. The highest BCUT2D eigenvalue weighted by atomic mass is 32.2. The molecular formula is C26H27F6N3O3S. The number of nitrogens with zero attached hydrogens (tertiary/aromatic N) is 2. The highest BCUT2D eigenvalue weighted by Crippen LogP contribution is 2.38. The fraction of sp³-hybridized carbons (Fsp3) is 0.385. The van der Waals surface area contributed by atoms with E-state index in [-0.39, 0.29) is 22.8 Å². The van der Waals surface area contributed by atoms with Crippen molar-refractivity contribution in [1.82, 2.24) is 10.2 Å². The smallest absolute Gasteiger partial charge is 0.416 e. The second-order valence-electron chi connectivity index (χ2n) is 8.36. The van der Waals surface area contributed by atoms with E-state index in [0.29, 0.717) is 28.9 Å². The lowest BCUT2D eigenvalue weighted by molar-refractivity contribution is -0.143. The number of amidine groups is 1. The standard InChI is InChI=1S/C26H27F6N3O3S/c1-4-35(5-2)11-10-33-23-22(39-24(36)34-23)13-16-6-9-20(21(12-16)37-3)38-15-17-7-8-18(25(27,28)29)14-19(17)26(30,31)32/h6-9,12-14H,4-5,10-11,15H2,1-3H3,(H,33,34,36)/b22-13-. The fourth-order valence-corrected chi connectivity index (χ4v) is 4.49. The zero-order valence-electron chi connectivity index (χ0n) is 21.4. The number of nitrogens with one attached hydrogen (secondary N) is 1. The van der Waals surface area contributed by atoms with Gasteiger partial charge in [-0.1, -0.05) is 26.0 Å². The van der Waals surface area contributed by atoms with E-state index in [0.717, 1.165) is 37.5 Å². The van der Waals surface area contributed by atoms with Crippen LogP contribution >= 0.6 is 11.8 Å². The maximum absolute atomic E-state index is 13.4. The van der Waals surface area contributed by atoms with Crippen LogP contribution in [0.15, 0.2) is 46.3 Å². The van der Waals surface area contributed by atoms with Crippen LogP contribution in [0.25, 0.3) is 6.08 Å². The number of hydrogen-bond donors (Lipinski definition) is 1. The average molecular weight is 576 g/mol. The first-order valence-corrected chi connectivity index (χ1v) is 12.7. The van der Waals surface area contributed by atoms with Crippen LogP contribution in [0.1, 0.15) is 36.1 Å². The van der Waals surface area contributed by atoms with Gasteiger partial charge in [0.1, 0.15) is 12.4 Å². The Balaban J connectivity index is 1.77. The van der Waals surface area contributed by atoms with Crippen molar-refractivity contribution < 1.29 is 40.6 Å². The van der Waals surface area contributed by atoms with Crippen molar-refractivity contribution in [3.63, 3.8) is 0 Å². The van der Waals surface area contributed by atoms with Gasteiger partial charge in [-0.2, -0.15) is 31.3 Å². The van der Waals surface area contributed by atoms with E-state index in [4.69, 9.17) is 9.47 Å². The van der Waals surface area contributed by atoms with Gasteiger partial charge in [-0.3, -0.25) is 4.79 Å². The second-order valence-corrected chi connectivity index (χ2v) is 9.35. The topological polar surface area (TPSA) is 63.2 Å². The predicted molar refractivity (Wildman–Crippen MR) is 138 cm³/mol. The number of thioether (sulfide) groups is 1. The van der Waals surface area contributed by atoms with Gasteiger partial charge in [0.25, 0.3) is 0 Å². The molecule has 2 aromatic rings. The molecular weight excluding hydrogens is 548 g/mol. The quantitative estimate of drug-likeness (QED) is 0.313. The van der Waals surface area contributed by atoms with Crippen molar-refractivity contribution in [1.29, 1.82) is 0 Å². The Morgan fingerprint density at radius 1 is 1.00 bits per heavy atom. The van der Waals surface area contributed by atoms with Gasteiger partial charge in [-0.25, -0.2) is 0 Å². The lowest BCUT2D eigenvalue weighted by Gasteiger charge is -2.18. The van der Waals surface area contributed by atoms with Gasteiger partial charge < -0.3 is 19.7 Å². The number of methoxy groups -OCH3 is 1. The Kier molecular flexibility index (Phi) is 9.94. The van der Waals surface area contributed by atoms with Gasteiger partial charge in [-0.05, 0) is 60.8 Å². The molecule has 2 aromatic carbocycles. The summed E-state index contributed by atoms with van der Waals surface area (Å²) in [6, 6.07) is 6.04. The molecule has 0 radical (unpaired) electrons. The van der Waals surface area contributed by atoms with Gasteiger partial charge >= 0.3 is 17.6 Å². The van der Waals surface area contributed by atoms with Gasteiger partial charge in [0.05, 0.1) is 23.1 Å². The third-order valence-electron chi connectivity index (χ3n) is 5.86. The van der Waals surface area contributed by atoms with E-state index in [9.17, 15) is 31.1 Å². The van der Waals surface area contributed by atoms with Gasteiger partial charge in [0, 0.05) is 18.7 Å². The summed E-state index contributed by atoms with van der Waals surface area (Å²) in [6.45, 7) is 6.62. The molecule has 6 nitrogen and oxygen atoms in total. The molecule has 0 spiro atoms. The Morgan fingerprint density at radius 3 is 2.33 bits per heavy atom. The number of likely N-dealkylation sites (N-methyl/N-ethyl adjacent to an activating group) is 1. The molecule has 0 aromatic heterocycles. The van der Waals surface area contributed by atoms with E-state index >= 15 is 0 Å². The third-order valence-corrected chi connectivity index (χ3v) is 6.66. The van der Waals surface area contributed by atoms with Crippen LogP contribution in [0.5, 0.6) is 11.5 Å². The van der Waals surface area contributed by atoms with Crippen molar-refractivity contribution in [2.45, 2.75) is 32.8 Å². The minimum absolute atomic E-state index is 0.0704. The second kappa shape index (κ2) is 12.8. The molecule has 1 aliphatic rings. The largest absolute Gasteiger partial charge is 0.493 e. The van der Waals surface area contributed by atoms with E-state index in [1.807, 2.05) is 0 Å². The number of carbonyl (C=O) groups is 1. The summed E-state index contributed by atoms with van der Waals surface area (Å²) in [5.41, 5.74) is -2.68. The minimum atomic E-state index is -5.00. The molecule has 1 heterocycles. The summed E-state index contributed by atoms with van der Waals surface area (Å²) in [5.74, 6) is 0.722. The van der Waals surface area contributed by atoms with Crippen molar-refractivity contribution in [3.05, 3.63) is 63.6 Å². The molecule has 39 heavy (non-hydrogen) atoms. The molecule has 13 heteroatoms. The summed E-state index contributed by atoms with van der Waals surface area (Å²) in [5, 5.41) is 2.81. The van der Waals surface area contributed by atoms with E-state index in [1.165, 1.54) is 13.2 Å². The number of rotatable bonds is 10. The molecule has 212 valence electrons. The molecule has 0 saturated heterocycles. The number of carbonyl (C=O) groups excluding carboxylic acids is 1. The first-order chi connectivity index (χ1) is 18.3. The van der Waals surface area contributed by atoms with Gasteiger partial charge in [0.2, 0.25) is 0 Å². The summed E-state index contributed by atoms with van der Waals surface area (Å²) in [7, 11) is 1.34. The number of aliphatic imine (C=N–C) groups is 1. The number of halogens is 6. The fourth-order valence-electron chi connectivity index (χ4n) is 3.75. The predicted octanol–water partition coefficient (Wildman–Crippen LogP) is 6.85. The van der Waals surface area contributed by atoms with E-state index in [1.54, 1.807) is 18.2 Å². The monoisotopic (exact) mass is 575 g/mol. The molecule has 1 N–H and O–H groups in total. The normalized spacial score (nSPS) is 15.2. The Labute approximate surface area is 226 Å². The summed E-state index contributed by atoms with van der Waals surface area (Å²) < 4.78 is 90.0. The van der Waals surface area contributed by atoms with Gasteiger partial charge in [0.15, 0.2) is 11.5 Å². The van der Waals surface area contributed by atoms with Crippen LogP contribution in [0.3, 0.4) is 0 Å². The first kappa shape index (κ1) is 30.4. The molecule has 0 atom stereocenters. The molecule has 0 aliphatic carbocycles. The Hall–Kier alpha value is -3.19. The average Bonchev–Trinajstić information content (AvgIpc) is 3.22. The number of ether oxygens (including phenoxy) is 2. The summed E-state index contributed by atoms with van der Waals surface area (Å²) in [6.07, 6.45) is -8.21. The van der Waals surface area contributed by atoms with Crippen LogP contribution in [0.2, 0.25) is 0 Å². The highest BCUT2D eigenvalue weighted by Gasteiger charge is 2.38. The molecule has 0 unspecified atom stereocenters. The number of hydrogen-bond acceptors (Lipinski definition) is 6. The number of benzene rings is 2. The molecule has 0 fully saturated rings. The van der Waals surface area contributed by atoms with Crippen molar-refractivity contribution in [2.24, 2.45) is 4.99 Å². The summed E-state index contributed by atoms with van der Waals surface area (Å²) in [4.78, 5) is 18.8. The Morgan fingerprint density at radius 2 is 1.72 bits per heavy atom. The zero-order chi connectivity index (χ0) is 28.8. The highest BCUT2D eigenvalue weighted by molar-refractivity contribution is 8.18. The van der Waals surface area contributed by atoms with E-state index < -0.39 is 35.6 Å². The Bertz CT molecular complexity index is 1240. The third kappa shape index (κ3) is 8.15. The molecule has 1 aliphatic heterocycles. The van der Waals surface area contributed by atoms with Crippen LogP contribution in [-0.4, -0.2) is 49.3 Å². The SMILES string of the molecule is CCN(CC)CCNC1=NC(=O)S/C1=C\c1ccc(OCc2ccc(C(F)(F)F)cc2C(F)(F)F)c(OC)c1. The molecule has 0 bridgehead atoms. The van der Waals surface area contributed by atoms with Crippen molar-refractivity contribution >= 4 is 28.9 Å². The number of amides is 1. The summed E-state index contributed by atoms with van der Waals surface area (Å²) >= 11 is 0.954. The van der Waals surface area contributed by atoms with Crippen LogP contribution in [-0.2, 0) is 19.0 Å². The van der Waals surface area contributed by atoms with Crippen LogP contribution in [0, 0.1) is 0 Å². The zero-order valence-corrected chi connectivity index (χ0v) is 22.2. The number of alkyl halides is 6. The molecule has 3 rings (SSSR count).